The van der Waals surface area contributed by atoms with Gasteiger partial charge in [0, 0.05) is 35.5 Å². The largest absolute Gasteiger partial charge is 0.343 e. The number of pyridine rings is 1. The van der Waals surface area contributed by atoms with Crippen molar-refractivity contribution in [1.29, 1.82) is 0 Å². The SMILES string of the molecule is O=c1ccn2c(c1)-c1cc(Cl)ccc1C2. The van der Waals surface area contributed by atoms with Crippen LogP contribution in [-0.2, 0) is 6.54 Å². The summed E-state index contributed by atoms with van der Waals surface area (Å²) < 4.78 is 2.06. The Bertz CT molecular complexity index is 601. The fourth-order valence-electron chi connectivity index (χ4n) is 1.99. The lowest BCUT2D eigenvalue weighted by Crippen LogP contribution is -2.02. The van der Waals surface area contributed by atoms with Gasteiger partial charge in [0.05, 0.1) is 5.69 Å². The maximum Gasteiger partial charge on any atom is 0.182 e. The van der Waals surface area contributed by atoms with Crippen LogP contribution in [-0.4, -0.2) is 4.57 Å². The van der Waals surface area contributed by atoms with E-state index in [4.69, 9.17) is 11.6 Å². The molecular formula is C12H8ClNO. The molecule has 3 heteroatoms. The Morgan fingerprint density at radius 2 is 2.07 bits per heavy atom. The number of nitrogens with zero attached hydrogens (tertiary/aromatic N) is 1. The summed E-state index contributed by atoms with van der Waals surface area (Å²) in [6.07, 6.45) is 1.82. The molecule has 0 unspecified atom stereocenters. The smallest absolute Gasteiger partial charge is 0.182 e. The van der Waals surface area contributed by atoms with Gasteiger partial charge in [0.25, 0.3) is 0 Å². The van der Waals surface area contributed by atoms with Crippen molar-refractivity contribution >= 4 is 11.6 Å². The van der Waals surface area contributed by atoms with E-state index in [-0.39, 0.29) is 5.43 Å². The van der Waals surface area contributed by atoms with Gasteiger partial charge in [-0.15, -0.1) is 0 Å². The summed E-state index contributed by atoms with van der Waals surface area (Å²) in [6.45, 7) is 0.822. The zero-order valence-electron chi connectivity index (χ0n) is 7.90. The number of fused-ring (bicyclic) bond motifs is 3. The van der Waals surface area contributed by atoms with Crippen LogP contribution >= 0.6 is 11.6 Å². The van der Waals surface area contributed by atoms with Crippen molar-refractivity contribution in [2.24, 2.45) is 0 Å². The molecule has 0 aliphatic carbocycles. The van der Waals surface area contributed by atoms with Crippen LogP contribution in [0.5, 0.6) is 0 Å². The molecule has 74 valence electrons. The minimum Gasteiger partial charge on any atom is -0.343 e. The fourth-order valence-corrected chi connectivity index (χ4v) is 2.16. The molecule has 3 rings (SSSR count). The quantitative estimate of drug-likeness (QED) is 0.567. The molecular weight excluding hydrogens is 210 g/mol. The summed E-state index contributed by atoms with van der Waals surface area (Å²) >= 11 is 5.94. The molecule has 0 atom stereocenters. The molecule has 1 aromatic heterocycles. The molecule has 0 saturated heterocycles. The van der Waals surface area contributed by atoms with E-state index in [2.05, 4.69) is 4.57 Å². The van der Waals surface area contributed by atoms with E-state index in [1.165, 1.54) is 5.56 Å². The first-order valence-corrected chi connectivity index (χ1v) is 5.11. The highest BCUT2D eigenvalue weighted by Gasteiger charge is 2.16. The second-order valence-corrected chi connectivity index (χ2v) is 4.11. The zero-order chi connectivity index (χ0) is 10.4. The van der Waals surface area contributed by atoms with Crippen LogP contribution in [0, 0.1) is 0 Å². The van der Waals surface area contributed by atoms with Crippen LogP contribution in [0.15, 0.2) is 41.3 Å². The highest BCUT2D eigenvalue weighted by atomic mass is 35.5. The van der Waals surface area contributed by atoms with Crippen LogP contribution < -0.4 is 5.43 Å². The second-order valence-electron chi connectivity index (χ2n) is 3.68. The van der Waals surface area contributed by atoms with Crippen molar-refractivity contribution < 1.29 is 0 Å². The molecule has 0 spiro atoms. The molecule has 0 N–H and O–H groups in total. The van der Waals surface area contributed by atoms with Crippen LogP contribution in [0.4, 0.5) is 0 Å². The first-order chi connectivity index (χ1) is 7.24. The van der Waals surface area contributed by atoms with E-state index < -0.39 is 0 Å². The topological polar surface area (TPSA) is 22.0 Å². The van der Waals surface area contributed by atoms with Gasteiger partial charge >= 0.3 is 0 Å². The second kappa shape index (κ2) is 2.97. The van der Waals surface area contributed by atoms with Crippen molar-refractivity contribution in [2.45, 2.75) is 6.54 Å². The van der Waals surface area contributed by atoms with E-state index in [1.807, 2.05) is 24.4 Å². The molecule has 0 saturated carbocycles. The van der Waals surface area contributed by atoms with E-state index in [0.717, 1.165) is 17.8 Å². The Balaban J connectivity index is 2.33. The predicted octanol–water partition coefficient (Wildman–Crippen LogP) is 2.53. The summed E-state index contributed by atoms with van der Waals surface area (Å²) in [6, 6.07) is 9.04. The fraction of sp³-hybridized carbons (Fsp3) is 0.0833. The Morgan fingerprint density at radius 1 is 1.20 bits per heavy atom. The number of benzene rings is 1. The first-order valence-electron chi connectivity index (χ1n) is 4.73. The molecule has 1 aliphatic rings. The molecule has 2 aromatic rings. The molecule has 2 nitrogen and oxygen atoms in total. The van der Waals surface area contributed by atoms with E-state index >= 15 is 0 Å². The molecule has 0 bridgehead atoms. The van der Waals surface area contributed by atoms with Crippen LogP contribution in [0.25, 0.3) is 11.3 Å². The van der Waals surface area contributed by atoms with Gasteiger partial charge in [-0.25, -0.2) is 0 Å². The van der Waals surface area contributed by atoms with Crippen molar-refractivity contribution in [2.75, 3.05) is 0 Å². The summed E-state index contributed by atoms with van der Waals surface area (Å²) in [7, 11) is 0. The highest BCUT2D eigenvalue weighted by Crippen LogP contribution is 2.32. The number of hydrogen-bond donors (Lipinski definition) is 0. The molecule has 0 amide bonds. The zero-order valence-corrected chi connectivity index (χ0v) is 8.66. The Kier molecular flexibility index (Phi) is 1.73. The van der Waals surface area contributed by atoms with E-state index in [0.29, 0.717) is 5.02 Å². The van der Waals surface area contributed by atoms with E-state index in [9.17, 15) is 4.79 Å². The lowest BCUT2D eigenvalue weighted by molar-refractivity contribution is 0.836. The van der Waals surface area contributed by atoms with Gasteiger partial charge in [-0.2, -0.15) is 0 Å². The lowest BCUT2D eigenvalue weighted by Gasteiger charge is -2.01. The summed E-state index contributed by atoms with van der Waals surface area (Å²) in [5.41, 5.74) is 3.28. The average Bonchev–Trinajstić information content (AvgIpc) is 2.56. The standard InChI is InChI=1S/C12H8ClNO/c13-9-2-1-8-7-14-4-3-10(15)6-12(14)11(8)5-9/h1-6H,7H2. The van der Waals surface area contributed by atoms with E-state index in [1.54, 1.807) is 12.1 Å². The molecule has 1 aromatic carbocycles. The van der Waals surface area contributed by atoms with Crippen LogP contribution in [0.3, 0.4) is 0 Å². The third kappa shape index (κ3) is 1.29. The molecule has 0 fully saturated rings. The van der Waals surface area contributed by atoms with Crippen LogP contribution in [0.2, 0.25) is 5.02 Å². The van der Waals surface area contributed by atoms with Gasteiger partial charge in [-0.1, -0.05) is 17.7 Å². The van der Waals surface area contributed by atoms with Gasteiger partial charge in [0.2, 0.25) is 0 Å². The van der Waals surface area contributed by atoms with Gasteiger partial charge in [0.1, 0.15) is 0 Å². The van der Waals surface area contributed by atoms with Crippen molar-refractivity contribution in [3.05, 3.63) is 57.3 Å². The lowest BCUT2D eigenvalue weighted by atomic mass is 10.1. The number of aromatic nitrogens is 1. The third-order valence-electron chi connectivity index (χ3n) is 2.70. The van der Waals surface area contributed by atoms with Gasteiger partial charge in [0.15, 0.2) is 5.43 Å². The summed E-state index contributed by atoms with van der Waals surface area (Å²) in [4.78, 5) is 11.3. The third-order valence-corrected chi connectivity index (χ3v) is 2.93. The minimum atomic E-state index is 0.0362. The van der Waals surface area contributed by atoms with Crippen molar-refractivity contribution in [1.82, 2.24) is 4.57 Å². The van der Waals surface area contributed by atoms with Crippen molar-refractivity contribution in [3.8, 4) is 11.3 Å². The maximum atomic E-state index is 11.3. The maximum absolute atomic E-state index is 11.3. The monoisotopic (exact) mass is 217 g/mol. The average molecular weight is 218 g/mol. The minimum absolute atomic E-state index is 0.0362. The Hall–Kier alpha value is -1.54. The highest BCUT2D eigenvalue weighted by molar-refractivity contribution is 6.30. The molecule has 15 heavy (non-hydrogen) atoms. The van der Waals surface area contributed by atoms with Crippen molar-refractivity contribution in [3.63, 3.8) is 0 Å². The summed E-state index contributed by atoms with van der Waals surface area (Å²) in [5.74, 6) is 0. The Labute approximate surface area is 91.7 Å². The number of rotatable bonds is 0. The van der Waals surface area contributed by atoms with Gasteiger partial charge < -0.3 is 4.57 Å². The van der Waals surface area contributed by atoms with Crippen LogP contribution in [0.1, 0.15) is 5.56 Å². The molecule has 2 heterocycles. The first kappa shape index (κ1) is 8.74. The van der Waals surface area contributed by atoms with Gasteiger partial charge in [-0.05, 0) is 17.7 Å². The number of hydrogen-bond acceptors (Lipinski definition) is 1. The Morgan fingerprint density at radius 3 is 2.93 bits per heavy atom. The predicted molar refractivity (Wildman–Crippen MR) is 60.3 cm³/mol. The van der Waals surface area contributed by atoms with Gasteiger partial charge in [-0.3, -0.25) is 4.79 Å². The molecule has 1 aliphatic heterocycles. The molecule has 0 radical (unpaired) electrons. The normalized spacial score (nSPS) is 12.3. The summed E-state index contributed by atoms with van der Waals surface area (Å²) in [5, 5.41) is 0.707. The number of halogens is 1.